The van der Waals surface area contributed by atoms with E-state index in [0.717, 1.165) is 6.42 Å². The first kappa shape index (κ1) is 19.8. The minimum Gasteiger partial charge on any atom is -0.322 e. The maximum absolute atomic E-state index is 4.19. The molecule has 0 unspecified atom stereocenters. The molecule has 142 valence electrons. The van der Waals surface area contributed by atoms with Crippen molar-refractivity contribution < 1.29 is 0 Å². The summed E-state index contributed by atoms with van der Waals surface area (Å²) in [6.07, 6.45) is 5.76. The highest BCUT2D eigenvalue weighted by Crippen LogP contribution is 2.38. The van der Waals surface area contributed by atoms with Gasteiger partial charge in [0.15, 0.2) is 0 Å². The van der Waals surface area contributed by atoms with Crippen molar-refractivity contribution in [3.63, 3.8) is 0 Å². The molecule has 1 nitrogen and oxygen atoms in total. The number of hydrogen-bond donors (Lipinski definition) is 1. The van der Waals surface area contributed by atoms with Gasteiger partial charge in [0.1, 0.15) is 0 Å². The van der Waals surface area contributed by atoms with Gasteiger partial charge in [0, 0.05) is 5.54 Å². The van der Waals surface area contributed by atoms with Gasteiger partial charge in [-0.05, 0) is 53.7 Å². The zero-order valence-corrected chi connectivity index (χ0v) is 18.6. The summed E-state index contributed by atoms with van der Waals surface area (Å²) in [5.41, 5.74) is 1.64. The molecule has 0 radical (unpaired) electrons. The van der Waals surface area contributed by atoms with Crippen molar-refractivity contribution in [1.29, 1.82) is 0 Å². The average molecular weight is 376 g/mol. The van der Waals surface area contributed by atoms with Gasteiger partial charge >= 0.3 is 0 Å². The van der Waals surface area contributed by atoms with Crippen LogP contribution in [0.3, 0.4) is 0 Å². The van der Waals surface area contributed by atoms with Crippen LogP contribution in [0.5, 0.6) is 0 Å². The maximum Gasteiger partial charge on any atom is 0.219 e. The highest BCUT2D eigenvalue weighted by atomic mass is 28.3. The van der Waals surface area contributed by atoms with E-state index in [1.807, 2.05) is 0 Å². The Morgan fingerprint density at radius 2 is 1.22 bits per heavy atom. The van der Waals surface area contributed by atoms with Gasteiger partial charge in [0.25, 0.3) is 0 Å². The van der Waals surface area contributed by atoms with Crippen molar-refractivity contribution in [1.82, 2.24) is 4.98 Å². The zero-order chi connectivity index (χ0) is 19.7. The molecule has 0 aliphatic heterocycles. The molecule has 0 bridgehead atoms. The number of nitrogens with one attached hydrogen (secondary N) is 1. The van der Waals surface area contributed by atoms with E-state index in [2.05, 4.69) is 119 Å². The van der Waals surface area contributed by atoms with Crippen LogP contribution in [0.1, 0.15) is 48.0 Å². The summed E-state index contributed by atoms with van der Waals surface area (Å²) in [4.78, 5) is 4.19. The molecule has 3 rings (SSSR count). The molecular formula is C25H33NSi. The largest absolute Gasteiger partial charge is 0.322 e. The molecule has 0 amide bonds. The van der Waals surface area contributed by atoms with Gasteiger partial charge in [0.05, 0.1) is 0 Å². The Labute approximate surface area is 166 Å². The van der Waals surface area contributed by atoms with Crippen LogP contribution in [0.4, 0.5) is 0 Å². The van der Waals surface area contributed by atoms with Crippen LogP contribution in [-0.2, 0) is 0 Å². The van der Waals surface area contributed by atoms with Crippen LogP contribution in [0.15, 0.2) is 83.6 Å². The van der Waals surface area contributed by atoms with Crippen molar-refractivity contribution in [2.24, 2.45) is 5.41 Å². The maximum atomic E-state index is 4.19. The summed E-state index contributed by atoms with van der Waals surface area (Å²) >= 11 is 0. The van der Waals surface area contributed by atoms with Gasteiger partial charge in [-0.3, -0.25) is 0 Å². The van der Waals surface area contributed by atoms with E-state index in [4.69, 9.17) is 0 Å². The molecule has 2 aromatic carbocycles. The molecule has 0 spiro atoms. The van der Waals surface area contributed by atoms with E-state index in [1.165, 1.54) is 15.9 Å². The van der Waals surface area contributed by atoms with E-state index in [-0.39, 0.29) is 11.0 Å². The number of allylic oxidation sites excluding steroid dienone is 4. The first-order chi connectivity index (χ1) is 12.6. The molecule has 0 fully saturated rings. The fraction of sp³-hybridized carbons (Fsp3) is 0.360. The molecule has 2 heteroatoms. The second kappa shape index (κ2) is 7.25. The van der Waals surface area contributed by atoms with E-state index in [0.29, 0.717) is 0 Å². The third kappa shape index (κ3) is 4.02. The predicted octanol–water partition coefficient (Wildman–Crippen LogP) is 4.98. The van der Waals surface area contributed by atoms with E-state index in [9.17, 15) is 0 Å². The first-order valence-electron chi connectivity index (χ1n) is 9.96. The quantitative estimate of drug-likeness (QED) is 0.744. The lowest BCUT2D eigenvalue weighted by molar-refractivity contribution is 0.507. The van der Waals surface area contributed by atoms with Crippen LogP contribution in [0.2, 0.25) is 0 Å². The molecule has 0 saturated carbocycles. The normalized spacial score (nSPS) is 15.5. The minimum absolute atomic E-state index is 0.0104. The smallest absolute Gasteiger partial charge is 0.219 e. The Bertz CT molecular complexity index is 794. The SMILES string of the molecule is CC(C)(C)N[Si](C1=C(C(C)(C)C)C=CC1)(c1ccccc1)c1ccccc1. The van der Waals surface area contributed by atoms with Crippen LogP contribution < -0.4 is 15.4 Å². The molecule has 1 aliphatic rings. The third-order valence-electron chi connectivity index (χ3n) is 5.17. The zero-order valence-electron chi connectivity index (χ0n) is 17.6. The van der Waals surface area contributed by atoms with Gasteiger partial charge in [-0.25, -0.2) is 0 Å². The number of hydrogen-bond acceptors (Lipinski definition) is 1. The van der Waals surface area contributed by atoms with Gasteiger partial charge in [0.2, 0.25) is 8.24 Å². The summed E-state index contributed by atoms with van der Waals surface area (Å²) in [6, 6.07) is 22.3. The highest BCUT2D eigenvalue weighted by molar-refractivity contribution is 7.05. The van der Waals surface area contributed by atoms with Crippen LogP contribution in [-0.4, -0.2) is 13.8 Å². The second-order valence-corrected chi connectivity index (χ2v) is 13.1. The molecule has 0 aromatic heterocycles. The average Bonchev–Trinajstić information content (AvgIpc) is 3.11. The summed E-state index contributed by atoms with van der Waals surface area (Å²) in [6.45, 7) is 13.9. The van der Waals surface area contributed by atoms with Crippen molar-refractivity contribution >= 4 is 18.6 Å². The lowest BCUT2D eigenvalue weighted by Gasteiger charge is -2.42. The van der Waals surface area contributed by atoms with Crippen molar-refractivity contribution in [2.45, 2.75) is 53.5 Å². The van der Waals surface area contributed by atoms with Crippen LogP contribution in [0.25, 0.3) is 0 Å². The first-order valence-corrected chi connectivity index (χ1v) is 12.0. The second-order valence-electron chi connectivity index (χ2n) is 9.61. The molecule has 27 heavy (non-hydrogen) atoms. The monoisotopic (exact) mass is 375 g/mol. The van der Waals surface area contributed by atoms with Crippen molar-refractivity contribution in [3.8, 4) is 0 Å². The molecule has 0 atom stereocenters. The van der Waals surface area contributed by atoms with Crippen LogP contribution in [0, 0.1) is 5.41 Å². The molecule has 1 aliphatic carbocycles. The lowest BCUT2D eigenvalue weighted by atomic mass is 9.87. The standard InChI is InChI=1S/C25H33NSi/c1-24(2,3)22-18-13-19-23(22)27(26-25(4,5)6,20-14-9-7-10-15-20)21-16-11-8-12-17-21/h7-18,26H,19H2,1-6H3. The van der Waals surface area contributed by atoms with E-state index < -0.39 is 8.24 Å². The lowest BCUT2D eigenvalue weighted by Crippen LogP contribution is -2.74. The Kier molecular flexibility index (Phi) is 5.33. The van der Waals surface area contributed by atoms with Gasteiger partial charge < -0.3 is 4.98 Å². The predicted molar refractivity (Wildman–Crippen MR) is 121 cm³/mol. The summed E-state index contributed by atoms with van der Waals surface area (Å²) in [5.74, 6) is 0. The molecule has 0 saturated heterocycles. The highest BCUT2D eigenvalue weighted by Gasteiger charge is 2.46. The molecular weight excluding hydrogens is 342 g/mol. The third-order valence-corrected chi connectivity index (χ3v) is 10.1. The Morgan fingerprint density at radius 3 is 1.63 bits per heavy atom. The summed E-state index contributed by atoms with van der Waals surface area (Å²) in [7, 11) is -2.36. The molecule has 0 heterocycles. The van der Waals surface area contributed by atoms with E-state index >= 15 is 0 Å². The Balaban J connectivity index is 2.38. The van der Waals surface area contributed by atoms with Crippen LogP contribution >= 0.6 is 0 Å². The van der Waals surface area contributed by atoms with Crippen molar-refractivity contribution in [2.75, 3.05) is 0 Å². The topological polar surface area (TPSA) is 12.0 Å². The van der Waals surface area contributed by atoms with Gasteiger partial charge in [-0.15, -0.1) is 0 Å². The fourth-order valence-corrected chi connectivity index (χ4v) is 9.50. The molecule has 1 N–H and O–H groups in total. The number of rotatable bonds is 4. The number of benzene rings is 2. The van der Waals surface area contributed by atoms with Gasteiger partial charge in [-0.1, -0.05) is 93.6 Å². The molecule has 2 aromatic rings. The Hall–Kier alpha value is -1.90. The van der Waals surface area contributed by atoms with Crippen molar-refractivity contribution in [3.05, 3.63) is 83.6 Å². The van der Waals surface area contributed by atoms with E-state index in [1.54, 1.807) is 5.20 Å². The minimum atomic E-state index is -2.36. The summed E-state index contributed by atoms with van der Waals surface area (Å²) in [5, 5.41) is 4.47. The fourth-order valence-electron chi connectivity index (χ4n) is 4.24. The Morgan fingerprint density at radius 1 is 0.741 bits per heavy atom. The van der Waals surface area contributed by atoms with Gasteiger partial charge in [-0.2, -0.15) is 0 Å². The summed E-state index contributed by atoms with van der Waals surface area (Å²) < 4.78 is 0.